The molecule has 1 fully saturated rings. The zero-order chi connectivity index (χ0) is 24.5. The molecule has 2 atom stereocenters. The summed E-state index contributed by atoms with van der Waals surface area (Å²) in [4.78, 5) is 19.6. The van der Waals surface area contributed by atoms with Crippen LogP contribution in [0.15, 0.2) is 66.7 Å². The number of aliphatic hydroxyl groups is 1. The molecule has 1 saturated heterocycles. The number of fused-ring (bicyclic) bond motifs is 1. The van der Waals surface area contributed by atoms with Gasteiger partial charge >= 0.3 is 0 Å². The van der Waals surface area contributed by atoms with Gasteiger partial charge in [0.05, 0.1) is 17.6 Å². The van der Waals surface area contributed by atoms with Gasteiger partial charge in [-0.05, 0) is 67.4 Å². The molecule has 0 radical (unpaired) electrons. The predicted molar refractivity (Wildman–Crippen MR) is 138 cm³/mol. The number of hydrogen-bond acceptors (Lipinski definition) is 4. The van der Waals surface area contributed by atoms with E-state index in [0.29, 0.717) is 24.5 Å². The van der Waals surface area contributed by atoms with Crippen LogP contribution in [0.3, 0.4) is 0 Å². The average molecular weight is 490 g/mol. The lowest BCUT2D eigenvalue weighted by molar-refractivity contribution is -0.117. The number of hydrogen-bond donors (Lipinski definition) is 1. The molecule has 1 aliphatic rings. The molecule has 180 valence electrons. The van der Waals surface area contributed by atoms with Gasteiger partial charge in [-0.1, -0.05) is 35.9 Å². The third-order valence-electron chi connectivity index (χ3n) is 6.48. The highest BCUT2D eigenvalue weighted by atomic mass is 35.5. The van der Waals surface area contributed by atoms with Gasteiger partial charge in [0.15, 0.2) is 0 Å². The van der Waals surface area contributed by atoms with Crippen LogP contribution in [-0.2, 0) is 11.3 Å². The molecule has 0 bridgehead atoms. The fraction of sp³-hybridized carbons (Fsp3) is 0.286. The smallest absolute Gasteiger partial charge is 0.227 e. The molecule has 1 amide bonds. The van der Waals surface area contributed by atoms with Crippen LogP contribution in [0.4, 0.5) is 5.69 Å². The summed E-state index contributed by atoms with van der Waals surface area (Å²) in [5, 5.41) is 11.5. The maximum atomic E-state index is 12.9. The second kappa shape index (κ2) is 9.72. The molecule has 1 aromatic heterocycles. The van der Waals surface area contributed by atoms with E-state index in [1.807, 2.05) is 73.0 Å². The number of halogens is 1. The molecule has 0 unspecified atom stereocenters. The van der Waals surface area contributed by atoms with Gasteiger partial charge in [0.2, 0.25) is 5.91 Å². The lowest BCUT2D eigenvalue weighted by Crippen LogP contribution is -2.26. The molecule has 0 spiro atoms. The number of aryl methyl sites for hydroxylation is 2. The van der Waals surface area contributed by atoms with Gasteiger partial charge in [-0.2, -0.15) is 0 Å². The van der Waals surface area contributed by atoms with E-state index in [1.165, 1.54) is 0 Å². The standard InChI is InChI=1S/C28H28ClN3O3/c1-18-7-8-19(2)26(13-18)35-17-23(33)16-32-25-6-4-3-5-24(25)30-28(32)20-14-27(34)31(15-20)22-11-9-21(29)10-12-22/h3-13,20,23,33H,14-17H2,1-2H3/t20-,23+/m0/s1. The lowest BCUT2D eigenvalue weighted by atomic mass is 10.1. The van der Waals surface area contributed by atoms with Crippen molar-refractivity contribution in [2.75, 3.05) is 18.1 Å². The molecule has 0 saturated carbocycles. The highest BCUT2D eigenvalue weighted by molar-refractivity contribution is 6.30. The Kier molecular flexibility index (Phi) is 6.50. The van der Waals surface area contributed by atoms with E-state index in [4.69, 9.17) is 21.3 Å². The quantitative estimate of drug-likeness (QED) is 0.384. The molecule has 7 heteroatoms. The van der Waals surface area contributed by atoms with Crippen molar-refractivity contribution < 1.29 is 14.6 Å². The first-order valence-corrected chi connectivity index (χ1v) is 12.2. The van der Waals surface area contributed by atoms with Crippen LogP contribution in [0.1, 0.15) is 29.3 Å². The number of carbonyl (C=O) groups excluding carboxylic acids is 1. The lowest BCUT2D eigenvalue weighted by Gasteiger charge is -2.19. The van der Waals surface area contributed by atoms with Crippen molar-refractivity contribution in [1.82, 2.24) is 9.55 Å². The van der Waals surface area contributed by atoms with Gasteiger partial charge < -0.3 is 19.3 Å². The van der Waals surface area contributed by atoms with Crippen LogP contribution in [0.2, 0.25) is 5.02 Å². The van der Waals surface area contributed by atoms with E-state index < -0.39 is 6.10 Å². The second-order valence-electron chi connectivity index (χ2n) is 9.18. The summed E-state index contributed by atoms with van der Waals surface area (Å²) < 4.78 is 7.99. The molecule has 1 aliphatic heterocycles. The SMILES string of the molecule is Cc1ccc(C)c(OC[C@H](O)Cn2c([C@H]3CC(=O)N(c4ccc(Cl)cc4)C3)nc3ccccc32)c1. The van der Waals surface area contributed by atoms with Gasteiger partial charge in [0, 0.05) is 29.6 Å². The van der Waals surface area contributed by atoms with E-state index in [-0.39, 0.29) is 18.4 Å². The zero-order valence-corrected chi connectivity index (χ0v) is 20.6. The third kappa shape index (κ3) is 4.90. The Labute approximate surface area is 209 Å². The topological polar surface area (TPSA) is 67.6 Å². The first kappa shape index (κ1) is 23.4. The number of aromatic nitrogens is 2. The Morgan fingerprint density at radius 3 is 2.69 bits per heavy atom. The molecule has 3 aromatic carbocycles. The van der Waals surface area contributed by atoms with Crippen LogP contribution in [-0.4, -0.2) is 39.8 Å². The van der Waals surface area contributed by atoms with Crippen molar-refractivity contribution in [3.8, 4) is 5.75 Å². The van der Waals surface area contributed by atoms with Crippen LogP contribution in [0.5, 0.6) is 5.75 Å². The van der Waals surface area contributed by atoms with Gasteiger partial charge in [-0.15, -0.1) is 0 Å². The Balaban J connectivity index is 1.38. The van der Waals surface area contributed by atoms with E-state index >= 15 is 0 Å². The van der Waals surface area contributed by atoms with E-state index in [0.717, 1.165) is 39.4 Å². The minimum atomic E-state index is -0.740. The molecule has 5 rings (SSSR count). The van der Waals surface area contributed by atoms with Gasteiger partial charge in [0.25, 0.3) is 0 Å². The number of aliphatic hydroxyl groups excluding tert-OH is 1. The fourth-order valence-electron chi connectivity index (χ4n) is 4.66. The number of benzene rings is 3. The Morgan fingerprint density at radius 2 is 1.89 bits per heavy atom. The van der Waals surface area contributed by atoms with Crippen molar-refractivity contribution in [2.45, 2.75) is 38.8 Å². The summed E-state index contributed by atoms with van der Waals surface area (Å²) >= 11 is 6.02. The van der Waals surface area contributed by atoms with Crippen molar-refractivity contribution >= 4 is 34.2 Å². The number of carbonyl (C=O) groups is 1. The summed E-state index contributed by atoms with van der Waals surface area (Å²) in [7, 11) is 0. The molecule has 2 heterocycles. The Bertz CT molecular complexity index is 1370. The number of anilines is 1. The summed E-state index contributed by atoms with van der Waals surface area (Å²) in [5.74, 6) is 1.55. The Hall–Kier alpha value is -3.35. The highest BCUT2D eigenvalue weighted by Crippen LogP contribution is 2.34. The summed E-state index contributed by atoms with van der Waals surface area (Å²) in [6.07, 6.45) is -0.378. The first-order chi connectivity index (χ1) is 16.9. The van der Waals surface area contributed by atoms with Crippen molar-refractivity contribution in [3.63, 3.8) is 0 Å². The highest BCUT2D eigenvalue weighted by Gasteiger charge is 2.35. The van der Waals surface area contributed by atoms with Gasteiger partial charge in [-0.25, -0.2) is 4.98 Å². The van der Waals surface area contributed by atoms with Crippen LogP contribution in [0, 0.1) is 13.8 Å². The van der Waals surface area contributed by atoms with E-state index in [9.17, 15) is 9.90 Å². The maximum Gasteiger partial charge on any atom is 0.227 e. The van der Waals surface area contributed by atoms with Crippen LogP contribution in [0.25, 0.3) is 11.0 Å². The van der Waals surface area contributed by atoms with E-state index in [1.54, 1.807) is 17.0 Å². The molecule has 35 heavy (non-hydrogen) atoms. The summed E-state index contributed by atoms with van der Waals surface area (Å²) in [6, 6.07) is 21.2. The summed E-state index contributed by atoms with van der Waals surface area (Å²) in [5.41, 5.74) is 4.75. The number of amides is 1. The third-order valence-corrected chi connectivity index (χ3v) is 6.73. The van der Waals surface area contributed by atoms with Crippen LogP contribution < -0.4 is 9.64 Å². The minimum absolute atomic E-state index is 0.0507. The zero-order valence-electron chi connectivity index (χ0n) is 19.8. The monoisotopic (exact) mass is 489 g/mol. The van der Waals surface area contributed by atoms with Crippen molar-refractivity contribution in [2.24, 2.45) is 0 Å². The van der Waals surface area contributed by atoms with Gasteiger partial charge in [0.1, 0.15) is 24.3 Å². The molecular formula is C28H28ClN3O3. The minimum Gasteiger partial charge on any atom is -0.491 e. The number of para-hydroxylation sites is 2. The maximum absolute atomic E-state index is 12.9. The average Bonchev–Trinajstić information content (AvgIpc) is 3.41. The predicted octanol–water partition coefficient (Wildman–Crippen LogP) is 5.27. The second-order valence-corrected chi connectivity index (χ2v) is 9.62. The Morgan fingerprint density at radius 1 is 1.11 bits per heavy atom. The fourth-order valence-corrected chi connectivity index (χ4v) is 4.79. The molecular weight excluding hydrogens is 462 g/mol. The summed E-state index contributed by atoms with van der Waals surface area (Å²) in [6.45, 7) is 5.02. The normalized spacial score (nSPS) is 16.7. The number of imidazole rings is 1. The number of ether oxygens (including phenoxy) is 1. The van der Waals surface area contributed by atoms with Crippen LogP contribution >= 0.6 is 11.6 Å². The molecule has 4 aromatic rings. The number of nitrogens with zero attached hydrogens (tertiary/aromatic N) is 3. The van der Waals surface area contributed by atoms with Gasteiger partial charge in [-0.3, -0.25) is 4.79 Å². The molecule has 6 nitrogen and oxygen atoms in total. The van der Waals surface area contributed by atoms with Crippen molar-refractivity contribution in [3.05, 3.63) is 88.7 Å². The largest absolute Gasteiger partial charge is 0.491 e. The molecule has 0 aliphatic carbocycles. The van der Waals surface area contributed by atoms with E-state index in [2.05, 4.69) is 0 Å². The molecule has 1 N–H and O–H groups in total. The van der Waals surface area contributed by atoms with Crippen molar-refractivity contribution in [1.29, 1.82) is 0 Å². The first-order valence-electron chi connectivity index (χ1n) is 11.8. The number of rotatable bonds is 7.